The van der Waals surface area contributed by atoms with Gasteiger partial charge in [0.1, 0.15) is 5.75 Å². The molecule has 1 rings (SSSR count). The van der Waals surface area contributed by atoms with Gasteiger partial charge in [-0.15, -0.1) is 0 Å². The molecule has 0 saturated carbocycles. The standard InChI is InChI=1S/C12H17IO3/c1-4-16-10-7-5-9(6-8-10)11(13)12(14-2)15-3/h5-8,11-12H,4H2,1-3H3. The Morgan fingerprint density at radius 1 is 1.12 bits per heavy atom. The van der Waals surface area contributed by atoms with E-state index in [0.717, 1.165) is 11.3 Å². The van der Waals surface area contributed by atoms with E-state index in [1.807, 2.05) is 31.2 Å². The second kappa shape index (κ2) is 7.09. The molecule has 0 N–H and O–H groups in total. The highest BCUT2D eigenvalue weighted by atomic mass is 127. The summed E-state index contributed by atoms with van der Waals surface area (Å²) in [6, 6.07) is 8.00. The molecule has 0 aliphatic carbocycles. The van der Waals surface area contributed by atoms with Crippen LogP contribution < -0.4 is 4.74 Å². The molecule has 0 aromatic heterocycles. The van der Waals surface area contributed by atoms with Gasteiger partial charge in [0.25, 0.3) is 0 Å². The van der Waals surface area contributed by atoms with Gasteiger partial charge in [0.2, 0.25) is 0 Å². The van der Waals surface area contributed by atoms with Crippen LogP contribution in [-0.4, -0.2) is 27.1 Å². The zero-order valence-electron chi connectivity index (χ0n) is 9.77. The van der Waals surface area contributed by atoms with Crippen LogP contribution >= 0.6 is 22.6 Å². The SMILES string of the molecule is CCOc1ccc(C(I)C(OC)OC)cc1. The highest BCUT2D eigenvalue weighted by Crippen LogP contribution is 2.30. The monoisotopic (exact) mass is 336 g/mol. The van der Waals surface area contributed by atoms with Gasteiger partial charge in [-0.25, -0.2) is 0 Å². The maximum Gasteiger partial charge on any atom is 0.172 e. The number of hydrogen-bond acceptors (Lipinski definition) is 3. The molecule has 1 aromatic rings. The van der Waals surface area contributed by atoms with Gasteiger partial charge in [-0.1, -0.05) is 34.7 Å². The molecule has 90 valence electrons. The molecule has 0 aliphatic rings. The molecule has 0 radical (unpaired) electrons. The Kier molecular flexibility index (Phi) is 6.08. The number of ether oxygens (including phenoxy) is 3. The fraction of sp³-hybridized carbons (Fsp3) is 0.500. The minimum atomic E-state index is -0.224. The molecule has 0 heterocycles. The van der Waals surface area contributed by atoms with Crippen LogP contribution in [0, 0.1) is 0 Å². The first kappa shape index (κ1) is 13.7. The van der Waals surface area contributed by atoms with Gasteiger partial charge >= 0.3 is 0 Å². The van der Waals surface area contributed by atoms with Gasteiger partial charge in [0.15, 0.2) is 6.29 Å². The summed E-state index contributed by atoms with van der Waals surface area (Å²) >= 11 is 2.31. The van der Waals surface area contributed by atoms with E-state index in [4.69, 9.17) is 14.2 Å². The summed E-state index contributed by atoms with van der Waals surface area (Å²) in [6.45, 7) is 2.66. The van der Waals surface area contributed by atoms with E-state index in [1.165, 1.54) is 0 Å². The molecule has 0 fully saturated rings. The van der Waals surface area contributed by atoms with Crippen molar-refractivity contribution in [3.8, 4) is 5.75 Å². The molecule has 1 aromatic carbocycles. The highest BCUT2D eigenvalue weighted by Gasteiger charge is 2.19. The lowest BCUT2D eigenvalue weighted by molar-refractivity contribution is -0.0992. The quantitative estimate of drug-likeness (QED) is 0.454. The maximum absolute atomic E-state index is 5.39. The Morgan fingerprint density at radius 2 is 1.69 bits per heavy atom. The smallest absolute Gasteiger partial charge is 0.172 e. The lowest BCUT2D eigenvalue weighted by Gasteiger charge is -2.20. The van der Waals surface area contributed by atoms with Crippen molar-refractivity contribution in [1.29, 1.82) is 0 Å². The molecule has 4 heteroatoms. The molecular weight excluding hydrogens is 319 g/mol. The van der Waals surface area contributed by atoms with Gasteiger partial charge in [-0.3, -0.25) is 0 Å². The Balaban J connectivity index is 2.72. The van der Waals surface area contributed by atoms with E-state index in [2.05, 4.69) is 22.6 Å². The average Bonchev–Trinajstić information content (AvgIpc) is 2.32. The number of methoxy groups -OCH3 is 2. The van der Waals surface area contributed by atoms with Crippen LogP contribution in [0.25, 0.3) is 0 Å². The topological polar surface area (TPSA) is 27.7 Å². The summed E-state index contributed by atoms with van der Waals surface area (Å²) in [7, 11) is 3.29. The first-order valence-corrected chi connectivity index (χ1v) is 6.40. The summed E-state index contributed by atoms with van der Waals surface area (Å²) in [4.78, 5) is 0. The molecule has 0 amide bonds. The van der Waals surface area contributed by atoms with Crippen LogP contribution in [0.15, 0.2) is 24.3 Å². The molecule has 0 aliphatic heterocycles. The molecule has 3 nitrogen and oxygen atoms in total. The molecule has 0 bridgehead atoms. The largest absolute Gasteiger partial charge is 0.494 e. The Bertz CT molecular complexity index is 296. The van der Waals surface area contributed by atoms with Gasteiger partial charge in [-0.05, 0) is 24.6 Å². The van der Waals surface area contributed by atoms with E-state index in [-0.39, 0.29) is 10.2 Å². The van der Waals surface area contributed by atoms with Gasteiger partial charge in [0, 0.05) is 14.2 Å². The van der Waals surface area contributed by atoms with E-state index in [1.54, 1.807) is 14.2 Å². The first-order valence-electron chi connectivity index (χ1n) is 5.15. The van der Waals surface area contributed by atoms with Crippen molar-refractivity contribution in [2.75, 3.05) is 20.8 Å². The summed E-state index contributed by atoms with van der Waals surface area (Å²) in [6.07, 6.45) is -0.224. The number of hydrogen-bond donors (Lipinski definition) is 0. The zero-order valence-corrected chi connectivity index (χ0v) is 11.9. The number of halogens is 1. The third-order valence-electron chi connectivity index (χ3n) is 2.21. The molecule has 0 spiro atoms. The van der Waals surface area contributed by atoms with Crippen molar-refractivity contribution >= 4 is 22.6 Å². The number of benzene rings is 1. The second-order valence-electron chi connectivity index (χ2n) is 3.24. The molecular formula is C12H17IO3. The van der Waals surface area contributed by atoms with Crippen molar-refractivity contribution in [3.05, 3.63) is 29.8 Å². The fourth-order valence-corrected chi connectivity index (χ4v) is 2.41. The summed E-state index contributed by atoms with van der Waals surface area (Å²) in [5.74, 6) is 0.890. The lowest BCUT2D eigenvalue weighted by atomic mass is 10.1. The summed E-state index contributed by atoms with van der Waals surface area (Å²) < 4.78 is 16.0. The van der Waals surface area contributed by atoms with Crippen molar-refractivity contribution in [3.63, 3.8) is 0 Å². The third-order valence-corrected chi connectivity index (χ3v) is 3.52. The number of rotatable bonds is 6. The Morgan fingerprint density at radius 3 is 2.12 bits per heavy atom. The van der Waals surface area contributed by atoms with Crippen LogP contribution in [0.2, 0.25) is 0 Å². The molecule has 0 saturated heterocycles. The zero-order chi connectivity index (χ0) is 12.0. The van der Waals surface area contributed by atoms with Crippen molar-refractivity contribution in [1.82, 2.24) is 0 Å². The van der Waals surface area contributed by atoms with Gasteiger partial charge in [0.05, 0.1) is 10.5 Å². The summed E-state index contributed by atoms with van der Waals surface area (Å²) in [5, 5.41) is 0. The van der Waals surface area contributed by atoms with Crippen LogP contribution in [0.5, 0.6) is 5.75 Å². The Hall–Kier alpha value is -0.330. The second-order valence-corrected chi connectivity index (χ2v) is 4.59. The normalized spacial score (nSPS) is 12.8. The van der Waals surface area contributed by atoms with E-state index in [9.17, 15) is 0 Å². The van der Waals surface area contributed by atoms with Crippen molar-refractivity contribution in [2.45, 2.75) is 17.1 Å². The highest BCUT2D eigenvalue weighted by molar-refractivity contribution is 14.1. The minimum Gasteiger partial charge on any atom is -0.494 e. The van der Waals surface area contributed by atoms with Gasteiger partial charge < -0.3 is 14.2 Å². The van der Waals surface area contributed by atoms with Gasteiger partial charge in [-0.2, -0.15) is 0 Å². The lowest BCUT2D eigenvalue weighted by Crippen LogP contribution is -2.18. The molecule has 1 unspecified atom stereocenters. The minimum absolute atomic E-state index is 0.170. The number of alkyl halides is 1. The predicted molar refractivity (Wildman–Crippen MR) is 72.2 cm³/mol. The van der Waals surface area contributed by atoms with E-state index >= 15 is 0 Å². The van der Waals surface area contributed by atoms with Crippen LogP contribution in [0.1, 0.15) is 16.4 Å². The predicted octanol–water partition coefficient (Wildman–Crippen LogP) is 3.18. The van der Waals surface area contributed by atoms with E-state index < -0.39 is 0 Å². The fourth-order valence-electron chi connectivity index (χ4n) is 1.41. The van der Waals surface area contributed by atoms with Crippen LogP contribution in [0.3, 0.4) is 0 Å². The molecule has 1 atom stereocenters. The van der Waals surface area contributed by atoms with Crippen molar-refractivity contribution < 1.29 is 14.2 Å². The third kappa shape index (κ3) is 3.61. The summed E-state index contributed by atoms with van der Waals surface area (Å²) in [5.41, 5.74) is 1.16. The van der Waals surface area contributed by atoms with Crippen LogP contribution in [0.4, 0.5) is 0 Å². The van der Waals surface area contributed by atoms with Crippen molar-refractivity contribution in [2.24, 2.45) is 0 Å². The average molecular weight is 336 g/mol. The molecule has 16 heavy (non-hydrogen) atoms. The van der Waals surface area contributed by atoms with E-state index in [0.29, 0.717) is 6.61 Å². The van der Waals surface area contributed by atoms with Crippen LogP contribution in [-0.2, 0) is 9.47 Å². The first-order chi connectivity index (χ1) is 7.72. The maximum atomic E-state index is 5.39. The Labute approximate surface area is 110 Å².